The highest BCUT2D eigenvalue weighted by Crippen LogP contribution is 2.32. The fourth-order valence-corrected chi connectivity index (χ4v) is 3.45. The Hall–Kier alpha value is -4.29. The molecule has 188 valence electrons. The quantitative estimate of drug-likeness (QED) is 0.439. The number of rotatable bonds is 9. The second-order valence-corrected chi connectivity index (χ2v) is 8.05. The number of benzene rings is 2. The van der Waals surface area contributed by atoms with Gasteiger partial charge in [-0.05, 0) is 60.4 Å². The highest BCUT2D eigenvalue weighted by atomic mass is 16.5. The van der Waals surface area contributed by atoms with Crippen LogP contribution in [0, 0.1) is 12.0 Å². The SMILES string of the molecule is CCC(=O)Nc1ccc(C#COC)c(-c2cc(O[C@@H](C)COC)cc(C(=O)Nc3ccn(C)n3)c2)c1. The lowest BCUT2D eigenvalue weighted by Crippen LogP contribution is -2.19. The van der Waals surface area contributed by atoms with Gasteiger partial charge in [-0.1, -0.05) is 6.92 Å². The number of carbonyl (C=O) groups is 2. The molecule has 0 aliphatic heterocycles. The van der Waals surface area contributed by atoms with Gasteiger partial charge in [0.15, 0.2) is 5.82 Å². The highest BCUT2D eigenvalue weighted by Gasteiger charge is 2.16. The minimum Gasteiger partial charge on any atom is -0.488 e. The van der Waals surface area contributed by atoms with Gasteiger partial charge in [0.05, 0.1) is 13.7 Å². The van der Waals surface area contributed by atoms with Crippen LogP contribution in [-0.2, 0) is 21.3 Å². The van der Waals surface area contributed by atoms with Gasteiger partial charge in [-0.2, -0.15) is 5.10 Å². The molecule has 9 nitrogen and oxygen atoms in total. The first kappa shape index (κ1) is 26.3. The van der Waals surface area contributed by atoms with Crippen LogP contribution in [0.4, 0.5) is 11.5 Å². The van der Waals surface area contributed by atoms with Crippen molar-refractivity contribution in [2.45, 2.75) is 26.4 Å². The smallest absolute Gasteiger partial charge is 0.257 e. The molecule has 36 heavy (non-hydrogen) atoms. The van der Waals surface area contributed by atoms with Crippen LogP contribution in [0.25, 0.3) is 11.1 Å². The number of hydrogen-bond donors (Lipinski definition) is 2. The molecule has 0 aliphatic rings. The lowest BCUT2D eigenvalue weighted by Gasteiger charge is -2.17. The van der Waals surface area contributed by atoms with Gasteiger partial charge in [-0.3, -0.25) is 14.3 Å². The summed E-state index contributed by atoms with van der Waals surface area (Å²) in [5, 5.41) is 9.88. The molecule has 0 unspecified atom stereocenters. The van der Waals surface area contributed by atoms with Gasteiger partial charge in [-0.25, -0.2) is 0 Å². The van der Waals surface area contributed by atoms with Crippen molar-refractivity contribution in [3.63, 3.8) is 0 Å². The molecule has 0 saturated carbocycles. The molecule has 2 amide bonds. The molecule has 1 atom stereocenters. The van der Waals surface area contributed by atoms with Crippen LogP contribution in [0.2, 0.25) is 0 Å². The summed E-state index contributed by atoms with van der Waals surface area (Å²) in [6, 6.07) is 12.3. The van der Waals surface area contributed by atoms with E-state index in [-0.39, 0.29) is 17.9 Å². The third-order valence-electron chi connectivity index (χ3n) is 5.09. The van der Waals surface area contributed by atoms with Crippen LogP contribution in [0.15, 0.2) is 48.7 Å². The Labute approximate surface area is 210 Å². The van der Waals surface area contributed by atoms with E-state index in [0.717, 1.165) is 0 Å². The molecule has 0 spiro atoms. The second kappa shape index (κ2) is 12.4. The number of nitrogens with zero attached hydrogens (tertiary/aromatic N) is 2. The summed E-state index contributed by atoms with van der Waals surface area (Å²) in [4.78, 5) is 25.1. The first-order valence-corrected chi connectivity index (χ1v) is 11.4. The standard InChI is InChI=1S/C27H30N4O5/c1-6-26(32)28-22-8-7-19(10-12-34-4)24(16-22)20-13-21(15-23(14-20)36-18(2)17-35-5)27(33)29-25-9-11-31(3)30-25/h7-9,11,13-16,18H,6,17H2,1-5H3,(H,28,32)(H,29,30,33)/t18-/m0/s1. The number of methoxy groups -OCH3 is 2. The van der Waals surface area contributed by atoms with E-state index >= 15 is 0 Å². The summed E-state index contributed by atoms with van der Waals surface area (Å²) < 4.78 is 17.8. The van der Waals surface area contributed by atoms with Gasteiger partial charge in [-0.15, -0.1) is 0 Å². The highest BCUT2D eigenvalue weighted by molar-refractivity contribution is 6.05. The average molecular weight is 491 g/mol. The topological polar surface area (TPSA) is 104 Å². The number of nitrogens with one attached hydrogen (secondary N) is 2. The van der Waals surface area contributed by atoms with E-state index in [1.807, 2.05) is 19.1 Å². The lowest BCUT2D eigenvalue weighted by molar-refractivity contribution is -0.115. The van der Waals surface area contributed by atoms with Crippen LogP contribution in [0.1, 0.15) is 36.2 Å². The molecule has 0 saturated heterocycles. The summed E-state index contributed by atoms with van der Waals surface area (Å²) >= 11 is 0. The number of aryl methyl sites for hydroxylation is 1. The summed E-state index contributed by atoms with van der Waals surface area (Å²) in [6.07, 6.45) is 4.44. The molecule has 2 aromatic carbocycles. The first-order valence-electron chi connectivity index (χ1n) is 11.4. The fraction of sp³-hybridized carbons (Fsp3) is 0.296. The zero-order valence-electron chi connectivity index (χ0n) is 21.0. The van der Waals surface area contributed by atoms with E-state index in [1.54, 1.807) is 62.3 Å². The summed E-state index contributed by atoms with van der Waals surface area (Å²) in [7, 11) is 4.85. The average Bonchev–Trinajstić information content (AvgIpc) is 3.27. The Kier molecular flexibility index (Phi) is 9.08. The maximum atomic E-state index is 13.1. The molecule has 1 heterocycles. The number of carbonyl (C=O) groups excluding carboxylic acids is 2. The van der Waals surface area contributed by atoms with Crippen molar-refractivity contribution in [2.24, 2.45) is 7.05 Å². The Bertz CT molecular complexity index is 1290. The monoisotopic (exact) mass is 490 g/mol. The molecular weight excluding hydrogens is 460 g/mol. The number of amides is 2. The molecule has 0 bridgehead atoms. The van der Waals surface area contributed by atoms with Gasteiger partial charge in [0.1, 0.15) is 18.0 Å². The molecule has 0 radical (unpaired) electrons. The van der Waals surface area contributed by atoms with Crippen LogP contribution in [-0.4, -0.2) is 48.5 Å². The van der Waals surface area contributed by atoms with Gasteiger partial charge in [0, 0.05) is 49.7 Å². The maximum absolute atomic E-state index is 13.1. The van der Waals surface area contributed by atoms with Crippen molar-refractivity contribution in [1.82, 2.24) is 9.78 Å². The molecule has 2 N–H and O–H groups in total. The Balaban J connectivity index is 2.10. The van der Waals surface area contributed by atoms with Crippen molar-refractivity contribution < 1.29 is 23.8 Å². The zero-order chi connectivity index (χ0) is 26.1. The first-order chi connectivity index (χ1) is 17.3. The summed E-state index contributed by atoms with van der Waals surface area (Å²) in [5.74, 6) is 3.42. The van der Waals surface area contributed by atoms with Crippen LogP contribution < -0.4 is 15.4 Å². The predicted octanol–water partition coefficient (Wildman–Crippen LogP) is 4.06. The summed E-state index contributed by atoms with van der Waals surface area (Å²) in [5.41, 5.74) is 3.01. The van der Waals surface area contributed by atoms with Gasteiger partial charge < -0.3 is 24.8 Å². The fourth-order valence-electron chi connectivity index (χ4n) is 3.45. The van der Waals surface area contributed by atoms with E-state index in [0.29, 0.717) is 52.5 Å². The van der Waals surface area contributed by atoms with E-state index in [2.05, 4.69) is 27.8 Å². The van der Waals surface area contributed by atoms with Crippen molar-refractivity contribution >= 4 is 23.3 Å². The third-order valence-corrected chi connectivity index (χ3v) is 5.09. The van der Waals surface area contributed by atoms with E-state index in [1.165, 1.54) is 7.11 Å². The molecule has 9 heteroatoms. The molecule has 0 fully saturated rings. The maximum Gasteiger partial charge on any atom is 0.257 e. The lowest BCUT2D eigenvalue weighted by atomic mass is 9.97. The van der Waals surface area contributed by atoms with Crippen LogP contribution in [0.5, 0.6) is 5.75 Å². The van der Waals surface area contributed by atoms with Crippen molar-refractivity contribution in [3.05, 3.63) is 59.8 Å². The molecule has 3 aromatic rings. The number of hydrogen-bond acceptors (Lipinski definition) is 6. The largest absolute Gasteiger partial charge is 0.488 e. The number of ether oxygens (including phenoxy) is 3. The summed E-state index contributed by atoms with van der Waals surface area (Å²) in [6.45, 7) is 4.03. The van der Waals surface area contributed by atoms with Gasteiger partial charge in [0.25, 0.3) is 5.91 Å². The zero-order valence-corrected chi connectivity index (χ0v) is 21.0. The predicted molar refractivity (Wildman–Crippen MR) is 138 cm³/mol. The number of aromatic nitrogens is 2. The van der Waals surface area contributed by atoms with E-state index < -0.39 is 0 Å². The van der Waals surface area contributed by atoms with E-state index in [9.17, 15) is 9.59 Å². The van der Waals surface area contributed by atoms with Crippen molar-refractivity contribution in [3.8, 4) is 28.9 Å². The van der Waals surface area contributed by atoms with E-state index in [4.69, 9.17) is 14.2 Å². The van der Waals surface area contributed by atoms with Gasteiger partial charge >= 0.3 is 0 Å². The number of anilines is 2. The molecule has 3 rings (SSSR count). The van der Waals surface area contributed by atoms with Gasteiger partial charge in [0.2, 0.25) is 5.91 Å². The molecule has 1 aromatic heterocycles. The molecule has 0 aliphatic carbocycles. The Morgan fingerprint density at radius 1 is 1.11 bits per heavy atom. The van der Waals surface area contributed by atoms with Crippen molar-refractivity contribution in [2.75, 3.05) is 31.5 Å². The second-order valence-electron chi connectivity index (χ2n) is 8.05. The van der Waals surface area contributed by atoms with Crippen LogP contribution in [0.3, 0.4) is 0 Å². The van der Waals surface area contributed by atoms with Crippen LogP contribution >= 0.6 is 0 Å². The van der Waals surface area contributed by atoms with Crippen molar-refractivity contribution in [1.29, 1.82) is 0 Å². The normalized spacial score (nSPS) is 11.1. The minimum absolute atomic E-state index is 0.113. The Morgan fingerprint density at radius 3 is 2.58 bits per heavy atom. The third kappa shape index (κ3) is 7.10. The molecular formula is C27H30N4O5. The Morgan fingerprint density at radius 2 is 1.92 bits per heavy atom. The minimum atomic E-state index is -0.347.